The van der Waals surface area contributed by atoms with Crippen LogP contribution >= 0.6 is 12.4 Å². The number of amides is 1. The van der Waals surface area contributed by atoms with Gasteiger partial charge in [0.25, 0.3) is 0 Å². The molecule has 2 saturated carbocycles. The van der Waals surface area contributed by atoms with E-state index in [0.717, 1.165) is 12.8 Å². The van der Waals surface area contributed by atoms with E-state index in [1.165, 1.54) is 11.1 Å². The summed E-state index contributed by atoms with van der Waals surface area (Å²) < 4.78 is 1.54. The van der Waals surface area contributed by atoms with E-state index in [1.807, 2.05) is 0 Å². The topological polar surface area (TPSA) is 98.7 Å². The molecule has 2 bridgehead atoms. The molecule has 3 N–H and O–H groups in total. The Kier molecular flexibility index (Phi) is 4.32. The molecule has 0 saturated heterocycles. The molecule has 0 spiro atoms. The molecule has 2 aliphatic rings. The van der Waals surface area contributed by atoms with Crippen LogP contribution in [0.4, 0.5) is 5.69 Å². The lowest BCUT2D eigenvalue weighted by atomic mass is 9.84. The number of aromatic nitrogens is 4. The molecular weight excluding hydrogens is 316 g/mol. The standard InChI is InChI=1S/C15H18N6O.ClH/c16-13-10-3-2-9(6-10)12(13)14(22)20-11-7-19-21(8-11)15-17-4-1-5-18-15;/h1,4-5,7-10,12-13H,2-3,6,16H2,(H,20,22);1H. The van der Waals surface area contributed by atoms with Gasteiger partial charge in [0.05, 0.1) is 24.0 Å². The zero-order valence-corrected chi connectivity index (χ0v) is 13.3. The van der Waals surface area contributed by atoms with E-state index in [-0.39, 0.29) is 30.3 Å². The van der Waals surface area contributed by atoms with E-state index in [1.54, 1.807) is 30.9 Å². The van der Waals surface area contributed by atoms with Crippen LogP contribution in [-0.2, 0) is 4.79 Å². The molecule has 2 aliphatic carbocycles. The smallest absolute Gasteiger partial charge is 0.250 e. The first-order chi connectivity index (χ1) is 10.7. The third kappa shape index (κ3) is 2.82. The minimum atomic E-state index is -0.0740. The minimum Gasteiger partial charge on any atom is -0.327 e. The molecule has 0 aromatic carbocycles. The van der Waals surface area contributed by atoms with Crippen LogP contribution in [0.5, 0.6) is 0 Å². The second-order valence-electron chi connectivity index (χ2n) is 6.15. The van der Waals surface area contributed by atoms with Gasteiger partial charge in [0, 0.05) is 18.4 Å². The molecule has 8 heteroatoms. The number of nitrogens with one attached hydrogen (secondary N) is 1. The SMILES string of the molecule is Cl.NC1C2CCC(C2)C1C(=O)Nc1cnn(-c2ncccn2)c1. The summed E-state index contributed by atoms with van der Waals surface area (Å²) in [6.45, 7) is 0. The van der Waals surface area contributed by atoms with Gasteiger partial charge >= 0.3 is 0 Å². The van der Waals surface area contributed by atoms with Crippen molar-refractivity contribution >= 4 is 24.0 Å². The van der Waals surface area contributed by atoms with Crippen LogP contribution in [0.3, 0.4) is 0 Å². The summed E-state index contributed by atoms with van der Waals surface area (Å²) in [4.78, 5) is 20.7. The highest BCUT2D eigenvalue weighted by atomic mass is 35.5. The van der Waals surface area contributed by atoms with E-state index < -0.39 is 0 Å². The van der Waals surface area contributed by atoms with Crippen LogP contribution in [0.25, 0.3) is 5.95 Å². The Morgan fingerprint density at radius 2 is 2.00 bits per heavy atom. The van der Waals surface area contributed by atoms with Gasteiger partial charge in [0.1, 0.15) is 0 Å². The van der Waals surface area contributed by atoms with Crippen LogP contribution < -0.4 is 11.1 Å². The number of rotatable bonds is 3. The predicted molar refractivity (Wildman–Crippen MR) is 87.3 cm³/mol. The van der Waals surface area contributed by atoms with Gasteiger partial charge in [-0.25, -0.2) is 14.6 Å². The molecule has 4 unspecified atom stereocenters. The van der Waals surface area contributed by atoms with Gasteiger partial charge in [-0.3, -0.25) is 4.79 Å². The third-order valence-electron chi connectivity index (χ3n) is 4.89. The fourth-order valence-electron chi connectivity index (χ4n) is 3.86. The summed E-state index contributed by atoms with van der Waals surface area (Å²) in [5, 5.41) is 7.11. The van der Waals surface area contributed by atoms with Crippen LogP contribution in [0.15, 0.2) is 30.9 Å². The van der Waals surface area contributed by atoms with E-state index in [0.29, 0.717) is 23.5 Å². The number of halogens is 1. The Bertz CT molecular complexity index is 688. The zero-order valence-electron chi connectivity index (χ0n) is 12.5. The molecule has 2 fully saturated rings. The lowest BCUT2D eigenvalue weighted by Gasteiger charge is -2.26. The van der Waals surface area contributed by atoms with Gasteiger partial charge in [-0.1, -0.05) is 0 Å². The molecule has 2 aromatic heterocycles. The van der Waals surface area contributed by atoms with E-state index in [4.69, 9.17) is 5.73 Å². The normalized spacial score (nSPS) is 28.4. The average molecular weight is 335 g/mol. The van der Waals surface area contributed by atoms with Crippen molar-refractivity contribution in [3.05, 3.63) is 30.9 Å². The van der Waals surface area contributed by atoms with Crippen molar-refractivity contribution in [2.24, 2.45) is 23.5 Å². The summed E-state index contributed by atoms with van der Waals surface area (Å²) in [6, 6.07) is 1.73. The molecule has 4 rings (SSSR count). The summed E-state index contributed by atoms with van der Waals surface area (Å²) in [5.41, 5.74) is 6.86. The molecule has 0 radical (unpaired) electrons. The predicted octanol–water partition coefficient (Wildman–Crippen LogP) is 1.40. The number of hydrogen-bond acceptors (Lipinski definition) is 5. The van der Waals surface area contributed by atoms with Crippen molar-refractivity contribution in [1.82, 2.24) is 19.7 Å². The van der Waals surface area contributed by atoms with E-state index in [2.05, 4.69) is 20.4 Å². The maximum Gasteiger partial charge on any atom is 0.250 e. The van der Waals surface area contributed by atoms with Crippen molar-refractivity contribution in [1.29, 1.82) is 0 Å². The van der Waals surface area contributed by atoms with Crippen molar-refractivity contribution in [3.8, 4) is 5.95 Å². The largest absolute Gasteiger partial charge is 0.327 e. The van der Waals surface area contributed by atoms with Crippen molar-refractivity contribution in [2.45, 2.75) is 25.3 Å². The maximum absolute atomic E-state index is 12.5. The van der Waals surface area contributed by atoms with Gasteiger partial charge in [-0.2, -0.15) is 5.10 Å². The Hall–Kier alpha value is -1.99. The van der Waals surface area contributed by atoms with E-state index >= 15 is 0 Å². The van der Waals surface area contributed by atoms with E-state index in [9.17, 15) is 4.79 Å². The second kappa shape index (κ2) is 6.25. The first-order valence-electron chi connectivity index (χ1n) is 7.61. The molecule has 2 heterocycles. The van der Waals surface area contributed by atoms with Crippen LogP contribution in [0.2, 0.25) is 0 Å². The van der Waals surface area contributed by atoms with Gasteiger partial charge in [0.15, 0.2) is 0 Å². The maximum atomic E-state index is 12.5. The highest BCUT2D eigenvalue weighted by Crippen LogP contribution is 2.47. The third-order valence-corrected chi connectivity index (χ3v) is 4.89. The Balaban J connectivity index is 0.00000156. The number of anilines is 1. The van der Waals surface area contributed by atoms with Crippen LogP contribution in [0.1, 0.15) is 19.3 Å². The Labute approximate surface area is 140 Å². The molecule has 4 atom stereocenters. The average Bonchev–Trinajstić information content (AvgIpc) is 3.23. The molecular formula is C15H19ClN6O. The number of fused-ring (bicyclic) bond motifs is 2. The quantitative estimate of drug-likeness (QED) is 0.884. The Morgan fingerprint density at radius 3 is 2.70 bits per heavy atom. The summed E-state index contributed by atoms with van der Waals surface area (Å²) in [7, 11) is 0. The highest BCUT2D eigenvalue weighted by Gasteiger charge is 2.49. The molecule has 23 heavy (non-hydrogen) atoms. The number of carbonyl (C=O) groups is 1. The number of nitrogens with two attached hydrogens (primary N) is 1. The van der Waals surface area contributed by atoms with Gasteiger partial charge in [0.2, 0.25) is 11.9 Å². The minimum absolute atomic E-state index is 0. The lowest BCUT2D eigenvalue weighted by molar-refractivity contribution is -0.121. The number of hydrogen-bond donors (Lipinski definition) is 2. The molecule has 1 amide bonds. The lowest BCUT2D eigenvalue weighted by Crippen LogP contribution is -2.42. The highest BCUT2D eigenvalue weighted by molar-refractivity contribution is 5.93. The number of carbonyl (C=O) groups excluding carboxylic acids is 1. The van der Waals surface area contributed by atoms with Crippen molar-refractivity contribution in [2.75, 3.05) is 5.32 Å². The first kappa shape index (κ1) is 15.9. The molecule has 7 nitrogen and oxygen atoms in total. The molecule has 2 aromatic rings. The number of nitrogens with zero attached hydrogens (tertiary/aromatic N) is 4. The monoisotopic (exact) mass is 334 g/mol. The fourth-order valence-corrected chi connectivity index (χ4v) is 3.86. The molecule has 0 aliphatic heterocycles. The molecule has 122 valence electrons. The second-order valence-corrected chi connectivity index (χ2v) is 6.15. The van der Waals surface area contributed by atoms with Gasteiger partial charge < -0.3 is 11.1 Å². The zero-order chi connectivity index (χ0) is 15.1. The Morgan fingerprint density at radius 1 is 1.26 bits per heavy atom. The summed E-state index contributed by atoms with van der Waals surface area (Å²) >= 11 is 0. The van der Waals surface area contributed by atoms with Crippen LogP contribution in [-0.4, -0.2) is 31.7 Å². The van der Waals surface area contributed by atoms with Crippen LogP contribution in [0, 0.1) is 17.8 Å². The van der Waals surface area contributed by atoms with Gasteiger partial charge in [-0.15, -0.1) is 12.4 Å². The van der Waals surface area contributed by atoms with Gasteiger partial charge in [-0.05, 0) is 37.2 Å². The summed E-state index contributed by atoms with van der Waals surface area (Å²) in [5.74, 6) is 1.36. The first-order valence-corrected chi connectivity index (χ1v) is 7.61. The fraction of sp³-hybridized carbons (Fsp3) is 0.467. The van der Waals surface area contributed by atoms with Crippen molar-refractivity contribution in [3.63, 3.8) is 0 Å². The van der Waals surface area contributed by atoms with Crippen molar-refractivity contribution < 1.29 is 4.79 Å². The summed E-state index contributed by atoms with van der Waals surface area (Å²) in [6.07, 6.45) is 9.99.